The summed E-state index contributed by atoms with van der Waals surface area (Å²) >= 11 is 1.39. The van der Waals surface area contributed by atoms with Crippen molar-refractivity contribution in [2.45, 2.75) is 19.3 Å². The number of aromatic nitrogens is 1. The van der Waals surface area contributed by atoms with Crippen molar-refractivity contribution in [1.29, 1.82) is 0 Å². The fourth-order valence-corrected chi connectivity index (χ4v) is 4.38. The number of ether oxygens (including phenoxy) is 1. The molecule has 8 heteroatoms. The lowest BCUT2D eigenvalue weighted by molar-refractivity contribution is 0.102. The van der Waals surface area contributed by atoms with Crippen LogP contribution < -0.4 is 20.7 Å². The van der Waals surface area contributed by atoms with Crippen LogP contribution in [0.3, 0.4) is 0 Å². The van der Waals surface area contributed by atoms with Crippen LogP contribution in [0.15, 0.2) is 54.7 Å². The molecule has 1 aliphatic heterocycles. The third kappa shape index (κ3) is 6.21. The number of nitrogens with one attached hydrogen (secondary N) is 3. The molecular weight excluding hydrogens is 422 g/mol. The number of amides is 1. The monoisotopic (exact) mass is 451 g/mol. The Hall–Kier alpha value is -3.10. The van der Waals surface area contributed by atoms with Crippen LogP contribution >= 0.6 is 11.3 Å². The highest BCUT2D eigenvalue weighted by molar-refractivity contribution is 7.19. The van der Waals surface area contributed by atoms with Crippen molar-refractivity contribution in [3.05, 3.63) is 60.3 Å². The average Bonchev–Trinajstić information content (AvgIpc) is 3.27. The zero-order valence-electron chi connectivity index (χ0n) is 18.3. The number of anilines is 4. The second-order valence-electron chi connectivity index (χ2n) is 7.74. The molecule has 0 saturated carbocycles. The zero-order chi connectivity index (χ0) is 22.2. The average molecular weight is 452 g/mol. The van der Waals surface area contributed by atoms with Crippen molar-refractivity contribution in [2.24, 2.45) is 0 Å². The highest BCUT2D eigenvalue weighted by Crippen LogP contribution is 2.27. The fourth-order valence-electron chi connectivity index (χ4n) is 3.65. The van der Waals surface area contributed by atoms with E-state index in [0.717, 1.165) is 30.2 Å². The van der Waals surface area contributed by atoms with E-state index >= 15 is 0 Å². The third-order valence-corrected chi connectivity index (χ3v) is 6.26. The molecule has 3 aromatic rings. The summed E-state index contributed by atoms with van der Waals surface area (Å²) in [6.07, 6.45) is 5.63. The Morgan fingerprint density at radius 2 is 1.75 bits per heavy atom. The highest BCUT2D eigenvalue weighted by Gasteiger charge is 2.11. The fraction of sp³-hybridized carbons (Fsp3) is 0.333. The van der Waals surface area contributed by atoms with Gasteiger partial charge in [0.25, 0.3) is 5.91 Å². The first kappa shape index (κ1) is 22.1. The van der Waals surface area contributed by atoms with Crippen molar-refractivity contribution >= 4 is 38.8 Å². The first-order valence-electron chi connectivity index (χ1n) is 10.9. The topological polar surface area (TPSA) is 78.5 Å². The summed E-state index contributed by atoms with van der Waals surface area (Å²) < 4.78 is 5.17. The molecule has 1 saturated heterocycles. The Bertz CT molecular complexity index is 998. The zero-order valence-corrected chi connectivity index (χ0v) is 19.1. The first-order chi connectivity index (χ1) is 15.7. The minimum atomic E-state index is -0.149. The van der Waals surface area contributed by atoms with Gasteiger partial charge in [0.05, 0.1) is 13.3 Å². The second kappa shape index (κ2) is 11.0. The smallest absolute Gasteiger partial charge is 0.256 e. The molecule has 0 bridgehead atoms. The van der Waals surface area contributed by atoms with Crippen molar-refractivity contribution in [2.75, 3.05) is 49.2 Å². The minimum Gasteiger partial charge on any atom is -0.497 e. The van der Waals surface area contributed by atoms with Gasteiger partial charge in [-0.1, -0.05) is 17.8 Å². The van der Waals surface area contributed by atoms with Crippen LogP contribution in [0.5, 0.6) is 5.75 Å². The van der Waals surface area contributed by atoms with Gasteiger partial charge in [0.2, 0.25) is 0 Å². The van der Waals surface area contributed by atoms with Crippen molar-refractivity contribution in [3.8, 4) is 5.75 Å². The van der Waals surface area contributed by atoms with Gasteiger partial charge in [-0.3, -0.25) is 4.79 Å². The SMILES string of the molecule is COc1ccc(Nc2ncc(NC(=O)c3ccc(NCCN4CCCCC4)cc3)s2)cc1. The Balaban J connectivity index is 1.25. The summed E-state index contributed by atoms with van der Waals surface area (Å²) in [6.45, 7) is 4.38. The summed E-state index contributed by atoms with van der Waals surface area (Å²) in [5.74, 6) is 0.648. The Morgan fingerprint density at radius 3 is 2.47 bits per heavy atom. The van der Waals surface area contributed by atoms with E-state index in [-0.39, 0.29) is 5.91 Å². The maximum Gasteiger partial charge on any atom is 0.256 e. The van der Waals surface area contributed by atoms with E-state index in [0.29, 0.717) is 15.7 Å². The van der Waals surface area contributed by atoms with Gasteiger partial charge in [0.1, 0.15) is 10.8 Å². The number of likely N-dealkylation sites (tertiary alicyclic amines) is 1. The maximum atomic E-state index is 12.6. The molecule has 4 rings (SSSR count). The van der Waals surface area contributed by atoms with E-state index in [9.17, 15) is 4.79 Å². The van der Waals surface area contributed by atoms with Gasteiger partial charge in [0.15, 0.2) is 5.13 Å². The van der Waals surface area contributed by atoms with E-state index in [1.165, 1.54) is 43.7 Å². The molecule has 2 heterocycles. The van der Waals surface area contributed by atoms with Crippen molar-refractivity contribution in [3.63, 3.8) is 0 Å². The van der Waals surface area contributed by atoms with Gasteiger partial charge < -0.3 is 25.6 Å². The van der Waals surface area contributed by atoms with Crippen LogP contribution in [0.25, 0.3) is 0 Å². The number of hydrogen-bond acceptors (Lipinski definition) is 7. The van der Waals surface area contributed by atoms with Crippen molar-refractivity contribution in [1.82, 2.24) is 9.88 Å². The number of nitrogens with zero attached hydrogens (tertiary/aromatic N) is 2. The van der Waals surface area contributed by atoms with Crippen LogP contribution in [0.4, 0.5) is 21.5 Å². The van der Waals surface area contributed by atoms with E-state index in [2.05, 4.69) is 25.8 Å². The third-order valence-electron chi connectivity index (χ3n) is 5.44. The first-order valence-corrected chi connectivity index (χ1v) is 11.8. The number of rotatable bonds is 9. The molecule has 3 N–H and O–H groups in total. The van der Waals surface area contributed by atoms with Gasteiger partial charge in [-0.15, -0.1) is 0 Å². The van der Waals surface area contributed by atoms with Crippen LogP contribution in [0.2, 0.25) is 0 Å². The largest absolute Gasteiger partial charge is 0.497 e. The molecule has 0 spiro atoms. The lowest BCUT2D eigenvalue weighted by Gasteiger charge is -2.26. The molecule has 168 valence electrons. The summed E-state index contributed by atoms with van der Waals surface area (Å²) in [7, 11) is 1.64. The Kier molecular flexibility index (Phi) is 7.58. The van der Waals surface area contributed by atoms with Crippen LogP contribution in [0, 0.1) is 0 Å². The standard InChI is InChI=1S/C24H29N5O2S/c1-31-21-11-9-20(10-12-21)27-24-26-17-22(32-24)28-23(30)18-5-7-19(8-6-18)25-13-16-29-14-3-2-4-15-29/h5-12,17,25H,2-4,13-16H2,1H3,(H,26,27)(H,28,30). The predicted octanol–water partition coefficient (Wildman–Crippen LogP) is 5.05. The normalized spacial score (nSPS) is 14.0. The number of hydrogen-bond donors (Lipinski definition) is 3. The molecular formula is C24H29N5O2S. The number of thiazole rings is 1. The van der Waals surface area contributed by atoms with E-state index in [1.54, 1.807) is 13.3 Å². The van der Waals surface area contributed by atoms with E-state index in [4.69, 9.17) is 4.74 Å². The van der Waals surface area contributed by atoms with Crippen LogP contribution in [-0.2, 0) is 0 Å². The molecule has 0 atom stereocenters. The molecule has 0 unspecified atom stereocenters. The van der Waals surface area contributed by atoms with Gasteiger partial charge in [0, 0.05) is 30.0 Å². The summed E-state index contributed by atoms with van der Waals surface area (Å²) in [4.78, 5) is 19.4. The number of carbonyl (C=O) groups is 1. The maximum absolute atomic E-state index is 12.6. The lowest BCUT2D eigenvalue weighted by Crippen LogP contribution is -2.33. The van der Waals surface area contributed by atoms with Crippen molar-refractivity contribution < 1.29 is 9.53 Å². The molecule has 0 aliphatic carbocycles. The summed E-state index contributed by atoms with van der Waals surface area (Å²) in [6, 6.07) is 15.2. The molecule has 1 amide bonds. The van der Waals surface area contributed by atoms with E-state index < -0.39 is 0 Å². The molecule has 2 aromatic carbocycles. The number of methoxy groups -OCH3 is 1. The number of carbonyl (C=O) groups excluding carboxylic acids is 1. The molecule has 0 radical (unpaired) electrons. The second-order valence-corrected chi connectivity index (χ2v) is 8.77. The minimum absolute atomic E-state index is 0.149. The van der Waals surface area contributed by atoms with Crippen LogP contribution in [0.1, 0.15) is 29.6 Å². The van der Waals surface area contributed by atoms with Gasteiger partial charge in [-0.25, -0.2) is 4.98 Å². The molecule has 1 fully saturated rings. The summed E-state index contributed by atoms with van der Waals surface area (Å²) in [5.41, 5.74) is 2.55. The lowest BCUT2D eigenvalue weighted by atomic mass is 10.1. The number of piperidine rings is 1. The van der Waals surface area contributed by atoms with Gasteiger partial charge >= 0.3 is 0 Å². The van der Waals surface area contributed by atoms with E-state index in [1.807, 2.05) is 48.5 Å². The molecule has 32 heavy (non-hydrogen) atoms. The van der Waals surface area contributed by atoms with Gasteiger partial charge in [-0.05, 0) is 74.5 Å². The van der Waals surface area contributed by atoms with Gasteiger partial charge in [-0.2, -0.15) is 0 Å². The highest BCUT2D eigenvalue weighted by atomic mass is 32.1. The molecule has 1 aromatic heterocycles. The molecule has 7 nitrogen and oxygen atoms in total. The Labute approximate surface area is 192 Å². The Morgan fingerprint density at radius 1 is 1.03 bits per heavy atom. The van der Waals surface area contributed by atoms with Crippen LogP contribution in [-0.4, -0.2) is 49.1 Å². The predicted molar refractivity (Wildman–Crippen MR) is 132 cm³/mol. The molecule has 1 aliphatic rings. The number of benzene rings is 2. The summed E-state index contributed by atoms with van der Waals surface area (Å²) in [5, 5.41) is 11.0. The quantitative estimate of drug-likeness (QED) is 0.423.